The van der Waals surface area contributed by atoms with Gasteiger partial charge in [-0.2, -0.15) is 0 Å². The number of benzene rings is 1. The molecule has 0 radical (unpaired) electrons. The molecular weight excluding hydrogens is 283 g/mol. The number of fused-ring (bicyclic) bond motifs is 1. The fourth-order valence-electron chi connectivity index (χ4n) is 1.73. The van der Waals surface area contributed by atoms with Gasteiger partial charge in [-0.1, -0.05) is 6.07 Å². The summed E-state index contributed by atoms with van der Waals surface area (Å²) in [7, 11) is 0. The third-order valence-corrected chi connectivity index (χ3v) is 3.19. The normalized spacial score (nSPS) is 10.9. The highest BCUT2D eigenvalue weighted by molar-refractivity contribution is 9.10. The summed E-state index contributed by atoms with van der Waals surface area (Å²) in [5, 5.41) is 0. The Morgan fingerprint density at radius 2 is 2.06 bits per heavy atom. The standard InChI is InChI=1S/C13H8BrFN2/c14-10-7-9(4-5-11(10)15)12-8-17-6-2-1-3-13(17)16-12/h1-8H. The second-order valence-corrected chi connectivity index (χ2v) is 4.58. The highest BCUT2D eigenvalue weighted by Gasteiger charge is 2.06. The van der Waals surface area contributed by atoms with Crippen LogP contribution < -0.4 is 0 Å². The monoisotopic (exact) mass is 290 g/mol. The molecule has 84 valence electrons. The van der Waals surface area contributed by atoms with Gasteiger partial charge in [0.2, 0.25) is 0 Å². The fraction of sp³-hybridized carbons (Fsp3) is 0. The molecule has 0 aliphatic heterocycles. The van der Waals surface area contributed by atoms with E-state index < -0.39 is 0 Å². The lowest BCUT2D eigenvalue weighted by molar-refractivity contribution is 0.621. The first kappa shape index (κ1) is 10.5. The summed E-state index contributed by atoms with van der Waals surface area (Å²) in [5.41, 5.74) is 2.60. The minimum absolute atomic E-state index is 0.266. The van der Waals surface area contributed by atoms with Crippen molar-refractivity contribution in [2.45, 2.75) is 0 Å². The number of pyridine rings is 1. The van der Waals surface area contributed by atoms with Crippen molar-refractivity contribution in [3.8, 4) is 11.3 Å². The molecule has 0 N–H and O–H groups in total. The predicted molar refractivity (Wildman–Crippen MR) is 68.3 cm³/mol. The van der Waals surface area contributed by atoms with E-state index in [-0.39, 0.29) is 5.82 Å². The Hall–Kier alpha value is -1.68. The van der Waals surface area contributed by atoms with Gasteiger partial charge in [0.1, 0.15) is 11.5 Å². The summed E-state index contributed by atoms with van der Waals surface area (Å²) in [4.78, 5) is 4.47. The number of halogens is 2. The zero-order chi connectivity index (χ0) is 11.8. The molecule has 0 atom stereocenters. The summed E-state index contributed by atoms with van der Waals surface area (Å²) >= 11 is 3.18. The van der Waals surface area contributed by atoms with Crippen LogP contribution in [0.2, 0.25) is 0 Å². The molecule has 0 unspecified atom stereocenters. The molecule has 17 heavy (non-hydrogen) atoms. The molecule has 1 aromatic carbocycles. The van der Waals surface area contributed by atoms with E-state index in [4.69, 9.17) is 0 Å². The van der Waals surface area contributed by atoms with Crippen LogP contribution in [-0.2, 0) is 0 Å². The number of aromatic nitrogens is 2. The summed E-state index contributed by atoms with van der Waals surface area (Å²) in [5.74, 6) is -0.266. The summed E-state index contributed by atoms with van der Waals surface area (Å²) in [6.07, 6.45) is 3.86. The molecule has 0 aliphatic carbocycles. The van der Waals surface area contributed by atoms with E-state index in [2.05, 4.69) is 20.9 Å². The van der Waals surface area contributed by atoms with Gasteiger partial charge in [-0.15, -0.1) is 0 Å². The minimum atomic E-state index is -0.266. The van der Waals surface area contributed by atoms with Crippen LogP contribution in [0.1, 0.15) is 0 Å². The number of rotatable bonds is 1. The molecule has 2 heterocycles. The molecular formula is C13H8BrFN2. The second kappa shape index (κ2) is 3.96. The van der Waals surface area contributed by atoms with E-state index in [9.17, 15) is 4.39 Å². The highest BCUT2D eigenvalue weighted by Crippen LogP contribution is 2.24. The molecule has 2 aromatic heterocycles. The molecule has 0 bridgehead atoms. The van der Waals surface area contributed by atoms with E-state index in [1.165, 1.54) is 6.07 Å². The maximum Gasteiger partial charge on any atom is 0.137 e. The summed E-state index contributed by atoms with van der Waals surface area (Å²) in [6, 6.07) is 10.7. The first-order valence-corrected chi connectivity index (χ1v) is 5.92. The molecule has 2 nitrogen and oxygen atoms in total. The smallest absolute Gasteiger partial charge is 0.137 e. The van der Waals surface area contributed by atoms with E-state index in [1.54, 1.807) is 12.1 Å². The van der Waals surface area contributed by atoms with Crippen LogP contribution in [-0.4, -0.2) is 9.38 Å². The van der Waals surface area contributed by atoms with Crippen LogP contribution in [0.15, 0.2) is 53.3 Å². The molecule has 3 rings (SSSR count). The molecule has 3 aromatic rings. The highest BCUT2D eigenvalue weighted by atomic mass is 79.9. The lowest BCUT2D eigenvalue weighted by Gasteiger charge is -1.98. The minimum Gasteiger partial charge on any atom is -0.306 e. The average Bonchev–Trinajstić information content (AvgIpc) is 2.76. The van der Waals surface area contributed by atoms with E-state index in [0.717, 1.165) is 16.9 Å². The van der Waals surface area contributed by atoms with Crippen LogP contribution >= 0.6 is 15.9 Å². The number of imidazole rings is 1. The summed E-state index contributed by atoms with van der Waals surface area (Å²) in [6.45, 7) is 0. The predicted octanol–water partition coefficient (Wildman–Crippen LogP) is 3.90. The molecule has 0 amide bonds. The first-order valence-electron chi connectivity index (χ1n) is 5.13. The largest absolute Gasteiger partial charge is 0.306 e. The third-order valence-electron chi connectivity index (χ3n) is 2.58. The van der Waals surface area contributed by atoms with Gasteiger partial charge in [0.05, 0.1) is 10.2 Å². The van der Waals surface area contributed by atoms with Crippen molar-refractivity contribution in [2.75, 3.05) is 0 Å². The van der Waals surface area contributed by atoms with Gasteiger partial charge >= 0.3 is 0 Å². The SMILES string of the molecule is Fc1ccc(-c2cn3ccccc3n2)cc1Br. The molecule has 0 spiro atoms. The Bertz CT molecular complexity index is 658. The van der Waals surface area contributed by atoms with E-state index in [1.807, 2.05) is 35.0 Å². The number of hydrogen-bond donors (Lipinski definition) is 0. The Labute approximate surface area is 106 Å². The maximum absolute atomic E-state index is 13.1. The number of nitrogens with zero attached hydrogens (tertiary/aromatic N) is 2. The third kappa shape index (κ3) is 1.85. The van der Waals surface area contributed by atoms with Crippen molar-refractivity contribution < 1.29 is 4.39 Å². The second-order valence-electron chi connectivity index (χ2n) is 3.72. The maximum atomic E-state index is 13.1. The Morgan fingerprint density at radius 3 is 2.82 bits per heavy atom. The first-order chi connectivity index (χ1) is 8.24. The van der Waals surface area contributed by atoms with Gasteiger partial charge in [-0.25, -0.2) is 9.37 Å². The molecule has 0 saturated heterocycles. The molecule has 0 fully saturated rings. The van der Waals surface area contributed by atoms with Gasteiger partial charge in [0, 0.05) is 18.0 Å². The zero-order valence-electron chi connectivity index (χ0n) is 8.77. The number of hydrogen-bond acceptors (Lipinski definition) is 1. The van der Waals surface area contributed by atoms with Crippen LogP contribution in [0.5, 0.6) is 0 Å². The van der Waals surface area contributed by atoms with Crippen molar-refractivity contribution in [3.63, 3.8) is 0 Å². The van der Waals surface area contributed by atoms with Crippen molar-refractivity contribution in [1.29, 1.82) is 0 Å². The quantitative estimate of drug-likeness (QED) is 0.664. The Kier molecular flexibility index (Phi) is 2.44. The van der Waals surface area contributed by atoms with Crippen molar-refractivity contribution in [1.82, 2.24) is 9.38 Å². The van der Waals surface area contributed by atoms with Gasteiger partial charge in [0.25, 0.3) is 0 Å². The molecule has 0 aliphatic rings. The van der Waals surface area contributed by atoms with Crippen molar-refractivity contribution in [2.24, 2.45) is 0 Å². The summed E-state index contributed by atoms with van der Waals surface area (Å²) < 4.78 is 15.5. The lowest BCUT2D eigenvalue weighted by Crippen LogP contribution is -1.81. The average molecular weight is 291 g/mol. The van der Waals surface area contributed by atoms with Gasteiger partial charge < -0.3 is 4.40 Å². The van der Waals surface area contributed by atoms with Gasteiger partial charge in [-0.3, -0.25) is 0 Å². The van der Waals surface area contributed by atoms with Crippen molar-refractivity contribution >= 4 is 21.6 Å². The van der Waals surface area contributed by atoms with E-state index in [0.29, 0.717) is 4.47 Å². The Balaban J connectivity index is 2.17. The van der Waals surface area contributed by atoms with Gasteiger partial charge in [-0.05, 0) is 46.3 Å². The zero-order valence-corrected chi connectivity index (χ0v) is 10.4. The lowest BCUT2D eigenvalue weighted by atomic mass is 10.2. The molecule has 4 heteroatoms. The van der Waals surface area contributed by atoms with Gasteiger partial charge in [0.15, 0.2) is 0 Å². The van der Waals surface area contributed by atoms with Crippen molar-refractivity contribution in [3.05, 3.63) is 59.1 Å². The topological polar surface area (TPSA) is 17.3 Å². The van der Waals surface area contributed by atoms with Crippen LogP contribution in [0.3, 0.4) is 0 Å². The Morgan fingerprint density at radius 1 is 1.18 bits per heavy atom. The fourth-order valence-corrected chi connectivity index (χ4v) is 2.11. The van der Waals surface area contributed by atoms with Crippen LogP contribution in [0, 0.1) is 5.82 Å². The van der Waals surface area contributed by atoms with E-state index >= 15 is 0 Å². The van der Waals surface area contributed by atoms with Crippen LogP contribution in [0.4, 0.5) is 4.39 Å². The molecule has 0 saturated carbocycles. The van der Waals surface area contributed by atoms with Crippen LogP contribution in [0.25, 0.3) is 16.9 Å².